The quantitative estimate of drug-likeness (QED) is 0.688. The Morgan fingerprint density at radius 2 is 1.84 bits per heavy atom. The Hall–Kier alpha value is -0.160. The van der Waals surface area contributed by atoms with E-state index in [-0.39, 0.29) is 17.6 Å². The predicted molar refractivity (Wildman–Crippen MR) is 73.2 cm³/mol. The fourth-order valence-electron chi connectivity index (χ4n) is 3.48. The molecule has 4 heteroatoms. The maximum atomic E-state index is 10.1. The average molecular weight is 272 g/mol. The van der Waals surface area contributed by atoms with E-state index in [1.165, 1.54) is 19.3 Å². The standard InChI is InChI=1S/C15H28O4/c1-17-8-5-9-18-10-11-19-14-12-13(16)15(14)6-3-2-4-7-15/h13-14,16H,2-12H2,1H3. The number of aliphatic hydroxyl groups is 1. The fourth-order valence-corrected chi connectivity index (χ4v) is 3.48. The van der Waals surface area contributed by atoms with E-state index in [9.17, 15) is 5.11 Å². The van der Waals surface area contributed by atoms with Gasteiger partial charge >= 0.3 is 0 Å². The lowest BCUT2D eigenvalue weighted by molar-refractivity contribution is -0.209. The van der Waals surface area contributed by atoms with Crippen LogP contribution in [-0.4, -0.2) is 50.9 Å². The third-order valence-electron chi connectivity index (χ3n) is 4.71. The summed E-state index contributed by atoms with van der Waals surface area (Å²) in [6, 6.07) is 0. The number of ether oxygens (including phenoxy) is 3. The molecule has 0 aromatic carbocycles. The first-order valence-electron chi connectivity index (χ1n) is 7.66. The lowest BCUT2D eigenvalue weighted by Crippen LogP contribution is -2.59. The van der Waals surface area contributed by atoms with E-state index in [0.29, 0.717) is 13.2 Å². The van der Waals surface area contributed by atoms with Gasteiger partial charge in [0.2, 0.25) is 0 Å². The Balaban J connectivity index is 1.58. The molecule has 0 heterocycles. The van der Waals surface area contributed by atoms with Crippen molar-refractivity contribution in [3.8, 4) is 0 Å². The Morgan fingerprint density at radius 1 is 1.05 bits per heavy atom. The van der Waals surface area contributed by atoms with Gasteiger partial charge < -0.3 is 19.3 Å². The van der Waals surface area contributed by atoms with Gasteiger partial charge in [0.05, 0.1) is 25.4 Å². The monoisotopic (exact) mass is 272 g/mol. The van der Waals surface area contributed by atoms with Crippen LogP contribution in [0.4, 0.5) is 0 Å². The van der Waals surface area contributed by atoms with Gasteiger partial charge in [0.15, 0.2) is 0 Å². The molecule has 0 aromatic rings. The van der Waals surface area contributed by atoms with Crippen LogP contribution in [0.25, 0.3) is 0 Å². The summed E-state index contributed by atoms with van der Waals surface area (Å²) in [5.41, 5.74) is 0.0777. The van der Waals surface area contributed by atoms with Crippen LogP contribution in [0.2, 0.25) is 0 Å². The van der Waals surface area contributed by atoms with Crippen molar-refractivity contribution in [2.24, 2.45) is 5.41 Å². The summed E-state index contributed by atoms with van der Waals surface area (Å²) in [5.74, 6) is 0. The highest BCUT2D eigenvalue weighted by Gasteiger charge is 2.55. The Labute approximate surface area is 116 Å². The number of aliphatic hydroxyl groups excluding tert-OH is 1. The summed E-state index contributed by atoms with van der Waals surface area (Å²) in [6.07, 6.45) is 7.91. The molecule has 1 N–H and O–H groups in total. The van der Waals surface area contributed by atoms with Crippen LogP contribution in [0, 0.1) is 5.41 Å². The second-order valence-electron chi connectivity index (χ2n) is 5.86. The van der Waals surface area contributed by atoms with Crippen LogP contribution < -0.4 is 0 Å². The van der Waals surface area contributed by atoms with E-state index in [2.05, 4.69) is 0 Å². The average Bonchev–Trinajstić information content (AvgIpc) is 2.46. The molecule has 112 valence electrons. The number of methoxy groups -OCH3 is 1. The summed E-state index contributed by atoms with van der Waals surface area (Å²) in [7, 11) is 1.70. The zero-order valence-electron chi connectivity index (χ0n) is 12.1. The van der Waals surface area contributed by atoms with E-state index < -0.39 is 0 Å². The minimum Gasteiger partial charge on any atom is -0.392 e. The van der Waals surface area contributed by atoms with Crippen molar-refractivity contribution in [2.75, 3.05) is 33.5 Å². The van der Waals surface area contributed by atoms with Gasteiger partial charge in [-0.25, -0.2) is 0 Å². The van der Waals surface area contributed by atoms with Gasteiger partial charge in [-0.05, 0) is 19.3 Å². The summed E-state index contributed by atoms with van der Waals surface area (Å²) in [5, 5.41) is 10.1. The van der Waals surface area contributed by atoms with Crippen LogP contribution in [-0.2, 0) is 14.2 Å². The predicted octanol–water partition coefficient (Wildman–Crippen LogP) is 2.14. The summed E-state index contributed by atoms with van der Waals surface area (Å²) < 4.78 is 16.4. The molecule has 19 heavy (non-hydrogen) atoms. The molecule has 0 aromatic heterocycles. The van der Waals surface area contributed by atoms with Crippen LogP contribution in [0.5, 0.6) is 0 Å². The Bertz CT molecular complexity index is 251. The van der Waals surface area contributed by atoms with E-state index in [4.69, 9.17) is 14.2 Å². The molecule has 2 saturated carbocycles. The highest BCUT2D eigenvalue weighted by atomic mass is 16.5. The lowest BCUT2D eigenvalue weighted by atomic mass is 9.56. The largest absolute Gasteiger partial charge is 0.392 e. The van der Waals surface area contributed by atoms with Crippen molar-refractivity contribution < 1.29 is 19.3 Å². The molecular weight excluding hydrogens is 244 g/mol. The Kier molecular flexibility index (Phi) is 6.07. The highest BCUT2D eigenvalue weighted by molar-refractivity contribution is 5.05. The topological polar surface area (TPSA) is 47.9 Å². The van der Waals surface area contributed by atoms with Gasteiger partial charge in [-0.2, -0.15) is 0 Å². The molecular formula is C15H28O4. The zero-order valence-corrected chi connectivity index (χ0v) is 12.1. The van der Waals surface area contributed by atoms with Crippen molar-refractivity contribution in [3.05, 3.63) is 0 Å². The number of hydrogen-bond acceptors (Lipinski definition) is 4. The first-order valence-corrected chi connectivity index (χ1v) is 7.66. The van der Waals surface area contributed by atoms with Crippen molar-refractivity contribution in [2.45, 2.75) is 57.2 Å². The fraction of sp³-hybridized carbons (Fsp3) is 1.00. The molecule has 0 bridgehead atoms. The molecule has 2 rings (SSSR count). The SMILES string of the molecule is COCCCOCCOC1CC(O)C12CCCCC2. The molecule has 2 atom stereocenters. The highest BCUT2D eigenvalue weighted by Crippen LogP contribution is 2.53. The van der Waals surface area contributed by atoms with Crippen LogP contribution in [0.3, 0.4) is 0 Å². The first-order chi connectivity index (χ1) is 9.29. The molecule has 4 nitrogen and oxygen atoms in total. The molecule has 2 aliphatic rings. The minimum absolute atomic E-state index is 0.0777. The second kappa shape index (κ2) is 7.58. The van der Waals surface area contributed by atoms with E-state index >= 15 is 0 Å². The van der Waals surface area contributed by atoms with Gasteiger partial charge in [0, 0.05) is 32.2 Å². The third kappa shape index (κ3) is 3.69. The lowest BCUT2D eigenvalue weighted by Gasteiger charge is -2.55. The van der Waals surface area contributed by atoms with Gasteiger partial charge in [-0.15, -0.1) is 0 Å². The maximum Gasteiger partial charge on any atom is 0.0704 e. The van der Waals surface area contributed by atoms with Gasteiger partial charge in [0.25, 0.3) is 0 Å². The maximum absolute atomic E-state index is 10.1. The van der Waals surface area contributed by atoms with Crippen molar-refractivity contribution in [3.63, 3.8) is 0 Å². The number of rotatable bonds is 8. The van der Waals surface area contributed by atoms with Crippen LogP contribution in [0.1, 0.15) is 44.9 Å². The summed E-state index contributed by atoms with van der Waals surface area (Å²) in [4.78, 5) is 0. The van der Waals surface area contributed by atoms with Gasteiger partial charge in [-0.1, -0.05) is 19.3 Å². The molecule has 2 fully saturated rings. The molecule has 0 saturated heterocycles. The van der Waals surface area contributed by atoms with Crippen LogP contribution >= 0.6 is 0 Å². The van der Waals surface area contributed by atoms with Crippen LogP contribution in [0.15, 0.2) is 0 Å². The molecule has 2 unspecified atom stereocenters. The first kappa shape index (κ1) is 15.2. The summed E-state index contributed by atoms with van der Waals surface area (Å²) in [6.45, 7) is 2.77. The molecule has 0 radical (unpaired) electrons. The van der Waals surface area contributed by atoms with Crippen molar-refractivity contribution in [1.29, 1.82) is 0 Å². The normalized spacial score (nSPS) is 29.4. The Morgan fingerprint density at radius 3 is 2.53 bits per heavy atom. The third-order valence-corrected chi connectivity index (χ3v) is 4.71. The molecule has 0 aliphatic heterocycles. The van der Waals surface area contributed by atoms with Crippen molar-refractivity contribution in [1.82, 2.24) is 0 Å². The minimum atomic E-state index is -0.138. The van der Waals surface area contributed by atoms with E-state index in [1.807, 2.05) is 0 Å². The van der Waals surface area contributed by atoms with Gasteiger partial charge in [-0.3, -0.25) is 0 Å². The molecule has 0 amide bonds. The number of hydrogen-bond donors (Lipinski definition) is 1. The van der Waals surface area contributed by atoms with Gasteiger partial charge in [0.1, 0.15) is 0 Å². The molecule has 2 aliphatic carbocycles. The smallest absolute Gasteiger partial charge is 0.0704 e. The molecule has 1 spiro atoms. The zero-order chi connectivity index (χ0) is 13.6. The van der Waals surface area contributed by atoms with E-state index in [1.54, 1.807) is 7.11 Å². The van der Waals surface area contributed by atoms with E-state index in [0.717, 1.165) is 38.9 Å². The second-order valence-corrected chi connectivity index (χ2v) is 5.86. The van der Waals surface area contributed by atoms with Crippen molar-refractivity contribution >= 4 is 0 Å². The summed E-state index contributed by atoms with van der Waals surface area (Å²) >= 11 is 0.